The van der Waals surface area contributed by atoms with Crippen molar-refractivity contribution in [1.29, 1.82) is 0 Å². The number of nitrogens with one attached hydrogen (secondary N) is 1. The molecule has 7 heteroatoms. The number of amides is 1. The van der Waals surface area contributed by atoms with Gasteiger partial charge in [0.2, 0.25) is 5.91 Å². The largest absolute Gasteiger partial charge is 0.492 e. The van der Waals surface area contributed by atoms with E-state index in [9.17, 15) is 4.79 Å². The lowest BCUT2D eigenvalue weighted by molar-refractivity contribution is -0.121. The van der Waals surface area contributed by atoms with Gasteiger partial charge >= 0.3 is 0 Å². The topological polar surface area (TPSA) is 64.3 Å². The first-order valence-corrected chi connectivity index (χ1v) is 6.86. The number of carbonyl (C=O) groups is 1. The fourth-order valence-electron chi connectivity index (χ4n) is 1.42. The molecule has 20 heavy (non-hydrogen) atoms. The van der Waals surface area contributed by atoms with Gasteiger partial charge in [0, 0.05) is 19.0 Å². The highest BCUT2D eigenvalue weighted by Gasteiger charge is 2.07. The standard InChI is InChI=1S/C13H18Cl2N2O2.ClH/c1-9(8-16)17-12(18)6-3-7-19-11-5-2-4-10(14)13(11)15;/h2,4-5,9H,3,6-8,16H2,1H3,(H,17,18);1H/t9-;/m0./s1. The van der Waals surface area contributed by atoms with Gasteiger partial charge in [0.25, 0.3) is 0 Å². The number of benzene rings is 1. The van der Waals surface area contributed by atoms with Crippen molar-refractivity contribution in [2.24, 2.45) is 5.73 Å². The van der Waals surface area contributed by atoms with Crippen LogP contribution in [0.3, 0.4) is 0 Å². The van der Waals surface area contributed by atoms with E-state index in [0.717, 1.165) is 0 Å². The van der Waals surface area contributed by atoms with Crippen molar-refractivity contribution in [3.05, 3.63) is 28.2 Å². The van der Waals surface area contributed by atoms with Crippen molar-refractivity contribution >= 4 is 41.5 Å². The number of nitrogens with two attached hydrogens (primary N) is 1. The molecule has 1 aromatic rings. The molecule has 1 aromatic carbocycles. The van der Waals surface area contributed by atoms with E-state index >= 15 is 0 Å². The normalized spacial score (nSPS) is 11.4. The van der Waals surface area contributed by atoms with Crippen molar-refractivity contribution in [3.8, 4) is 5.75 Å². The summed E-state index contributed by atoms with van der Waals surface area (Å²) < 4.78 is 5.48. The molecule has 0 radical (unpaired) electrons. The maximum absolute atomic E-state index is 11.5. The molecule has 3 N–H and O–H groups in total. The minimum absolute atomic E-state index is 0. The molecule has 1 atom stereocenters. The van der Waals surface area contributed by atoms with E-state index in [2.05, 4.69) is 5.32 Å². The van der Waals surface area contributed by atoms with E-state index < -0.39 is 0 Å². The Morgan fingerprint density at radius 1 is 1.45 bits per heavy atom. The van der Waals surface area contributed by atoms with Crippen molar-refractivity contribution in [2.75, 3.05) is 13.2 Å². The molecule has 0 saturated carbocycles. The fourth-order valence-corrected chi connectivity index (χ4v) is 1.76. The van der Waals surface area contributed by atoms with Gasteiger partial charge in [0.15, 0.2) is 0 Å². The zero-order valence-electron chi connectivity index (χ0n) is 11.2. The van der Waals surface area contributed by atoms with Crippen LogP contribution in [0, 0.1) is 0 Å². The van der Waals surface area contributed by atoms with Gasteiger partial charge in [-0.2, -0.15) is 0 Å². The van der Waals surface area contributed by atoms with E-state index in [1.54, 1.807) is 18.2 Å². The first-order valence-electron chi connectivity index (χ1n) is 6.10. The van der Waals surface area contributed by atoms with Gasteiger partial charge in [-0.05, 0) is 25.5 Å². The molecule has 0 unspecified atom stereocenters. The molecule has 0 aromatic heterocycles. The molecule has 1 amide bonds. The van der Waals surface area contributed by atoms with E-state index in [1.165, 1.54) is 0 Å². The summed E-state index contributed by atoms with van der Waals surface area (Å²) in [6.45, 7) is 2.70. The van der Waals surface area contributed by atoms with Crippen molar-refractivity contribution < 1.29 is 9.53 Å². The van der Waals surface area contributed by atoms with Crippen LogP contribution in [0.5, 0.6) is 5.75 Å². The Kier molecular flexibility index (Phi) is 9.76. The molecule has 0 saturated heterocycles. The van der Waals surface area contributed by atoms with Crippen molar-refractivity contribution in [2.45, 2.75) is 25.8 Å². The number of hydrogen-bond donors (Lipinski definition) is 2. The number of halogens is 3. The van der Waals surface area contributed by atoms with Gasteiger partial charge in [0.1, 0.15) is 10.8 Å². The van der Waals surface area contributed by atoms with Crippen LogP contribution in [0.25, 0.3) is 0 Å². The number of rotatable bonds is 7. The van der Waals surface area contributed by atoms with Gasteiger partial charge in [-0.25, -0.2) is 0 Å². The molecule has 1 rings (SSSR count). The van der Waals surface area contributed by atoms with E-state index in [-0.39, 0.29) is 24.4 Å². The Morgan fingerprint density at radius 3 is 2.80 bits per heavy atom. The molecule has 0 aliphatic carbocycles. The molecule has 0 spiro atoms. The monoisotopic (exact) mass is 340 g/mol. The zero-order chi connectivity index (χ0) is 14.3. The maximum atomic E-state index is 11.5. The van der Waals surface area contributed by atoms with E-state index in [0.29, 0.717) is 41.8 Å². The van der Waals surface area contributed by atoms with Gasteiger partial charge < -0.3 is 15.8 Å². The van der Waals surface area contributed by atoms with Gasteiger partial charge in [0.05, 0.1) is 11.6 Å². The Bertz CT molecular complexity index is 430. The van der Waals surface area contributed by atoms with Gasteiger partial charge in [-0.1, -0.05) is 29.3 Å². The highest BCUT2D eigenvalue weighted by molar-refractivity contribution is 6.42. The predicted molar refractivity (Wildman–Crippen MR) is 85.1 cm³/mol. The second-order valence-electron chi connectivity index (χ2n) is 4.21. The average molecular weight is 342 g/mol. The lowest BCUT2D eigenvalue weighted by atomic mass is 10.2. The number of ether oxygens (including phenoxy) is 1. The minimum Gasteiger partial charge on any atom is -0.492 e. The molecule has 0 heterocycles. The van der Waals surface area contributed by atoms with Crippen LogP contribution in [-0.2, 0) is 4.79 Å². The Morgan fingerprint density at radius 2 is 2.15 bits per heavy atom. The summed E-state index contributed by atoms with van der Waals surface area (Å²) in [5.74, 6) is 0.503. The van der Waals surface area contributed by atoms with Crippen LogP contribution in [-0.4, -0.2) is 25.1 Å². The van der Waals surface area contributed by atoms with E-state index in [4.69, 9.17) is 33.7 Å². The van der Waals surface area contributed by atoms with Crippen LogP contribution in [0.4, 0.5) is 0 Å². The third-order valence-corrected chi connectivity index (χ3v) is 3.28. The first-order chi connectivity index (χ1) is 9.04. The molecule has 114 valence electrons. The van der Waals surface area contributed by atoms with Crippen LogP contribution in [0.2, 0.25) is 10.0 Å². The smallest absolute Gasteiger partial charge is 0.220 e. The third kappa shape index (κ3) is 6.66. The van der Waals surface area contributed by atoms with Crippen LogP contribution >= 0.6 is 35.6 Å². The van der Waals surface area contributed by atoms with Gasteiger partial charge in [-0.3, -0.25) is 4.79 Å². The summed E-state index contributed by atoms with van der Waals surface area (Å²) in [6.07, 6.45) is 0.995. The van der Waals surface area contributed by atoms with E-state index in [1.807, 2.05) is 6.92 Å². The molecule has 0 bridgehead atoms. The maximum Gasteiger partial charge on any atom is 0.220 e. The molecular formula is C13H19Cl3N2O2. The number of carbonyl (C=O) groups excluding carboxylic acids is 1. The average Bonchev–Trinajstić information content (AvgIpc) is 2.39. The Balaban J connectivity index is 0.00000361. The van der Waals surface area contributed by atoms with Crippen molar-refractivity contribution in [1.82, 2.24) is 5.32 Å². The Hall–Kier alpha value is -0.680. The summed E-state index contributed by atoms with van der Waals surface area (Å²) in [5.41, 5.74) is 5.42. The van der Waals surface area contributed by atoms with Crippen molar-refractivity contribution in [3.63, 3.8) is 0 Å². The SMILES string of the molecule is C[C@@H](CN)NC(=O)CCCOc1cccc(Cl)c1Cl.Cl. The number of hydrogen-bond acceptors (Lipinski definition) is 3. The zero-order valence-corrected chi connectivity index (χ0v) is 13.5. The molecular weight excluding hydrogens is 323 g/mol. The minimum atomic E-state index is -0.0289. The van der Waals surface area contributed by atoms with Gasteiger partial charge in [-0.15, -0.1) is 12.4 Å². The molecule has 4 nitrogen and oxygen atoms in total. The fraction of sp³-hybridized carbons (Fsp3) is 0.462. The quantitative estimate of drug-likeness (QED) is 0.749. The highest BCUT2D eigenvalue weighted by Crippen LogP contribution is 2.31. The molecule has 0 aliphatic heterocycles. The summed E-state index contributed by atoms with van der Waals surface area (Å²) in [5, 5.41) is 3.63. The summed E-state index contributed by atoms with van der Waals surface area (Å²) in [4.78, 5) is 11.5. The summed E-state index contributed by atoms with van der Waals surface area (Å²) in [6, 6.07) is 5.19. The summed E-state index contributed by atoms with van der Waals surface area (Å²) >= 11 is 11.8. The molecule has 0 fully saturated rings. The summed E-state index contributed by atoms with van der Waals surface area (Å²) in [7, 11) is 0. The predicted octanol–water partition coefficient (Wildman–Crippen LogP) is 3.04. The van der Waals surface area contributed by atoms with Crippen LogP contribution < -0.4 is 15.8 Å². The Labute approximate surface area is 135 Å². The molecule has 0 aliphatic rings. The van der Waals surface area contributed by atoms with Crippen LogP contribution in [0.15, 0.2) is 18.2 Å². The first kappa shape index (κ1) is 19.3. The second-order valence-corrected chi connectivity index (χ2v) is 4.99. The lowest BCUT2D eigenvalue weighted by Gasteiger charge is -2.12. The highest BCUT2D eigenvalue weighted by atomic mass is 35.5. The lowest BCUT2D eigenvalue weighted by Crippen LogP contribution is -2.37. The third-order valence-electron chi connectivity index (χ3n) is 2.48. The second kappa shape index (κ2) is 10.1. The van der Waals surface area contributed by atoms with Crippen LogP contribution in [0.1, 0.15) is 19.8 Å².